The Morgan fingerprint density at radius 1 is 1.10 bits per heavy atom. The molecule has 0 atom stereocenters. The van der Waals surface area contributed by atoms with Gasteiger partial charge >= 0.3 is 0 Å². The predicted octanol–water partition coefficient (Wildman–Crippen LogP) is 3.95. The number of nitrogens with zero attached hydrogens (tertiary/aromatic N) is 2. The van der Waals surface area contributed by atoms with E-state index in [0.29, 0.717) is 23.4 Å². The minimum Gasteiger partial charge on any atom is -0.277 e. The SMILES string of the molecule is CCn1c(NNC(=O)CSc2ccc(C(C)(C)C)cc2)nc2ccccc2c1=O. The third kappa shape index (κ3) is 4.98. The van der Waals surface area contributed by atoms with Crippen LogP contribution < -0.4 is 16.4 Å². The first-order valence-corrected chi connectivity index (χ1v) is 10.6. The lowest BCUT2D eigenvalue weighted by molar-refractivity contribution is -0.118. The molecular weight excluding hydrogens is 384 g/mol. The molecule has 0 bridgehead atoms. The molecule has 7 heteroatoms. The summed E-state index contributed by atoms with van der Waals surface area (Å²) in [5.41, 5.74) is 7.26. The lowest BCUT2D eigenvalue weighted by Gasteiger charge is -2.19. The fraction of sp³-hybridized carbons (Fsp3) is 0.318. The van der Waals surface area contributed by atoms with Crippen LogP contribution in [0.4, 0.5) is 5.95 Å². The van der Waals surface area contributed by atoms with E-state index in [2.05, 4.69) is 48.7 Å². The lowest BCUT2D eigenvalue weighted by atomic mass is 9.87. The van der Waals surface area contributed by atoms with Crippen LogP contribution in [-0.2, 0) is 16.8 Å². The van der Waals surface area contributed by atoms with Crippen molar-refractivity contribution in [2.45, 2.75) is 44.6 Å². The normalized spacial score (nSPS) is 11.4. The van der Waals surface area contributed by atoms with E-state index in [0.717, 1.165) is 4.90 Å². The monoisotopic (exact) mass is 410 g/mol. The number of amides is 1. The molecule has 29 heavy (non-hydrogen) atoms. The average molecular weight is 411 g/mol. The van der Waals surface area contributed by atoms with Crippen molar-refractivity contribution < 1.29 is 4.79 Å². The van der Waals surface area contributed by atoms with Crippen LogP contribution in [-0.4, -0.2) is 21.2 Å². The summed E-state index contributed by atoms with van der Waals surface area (Å²) in [6.07, 6.45) is 0. The molecule has 3 aromatic rings. The van der Waals surface area contributed by atoms with E-state index < -0.39 is 0 Å². The molecule has 0 aliphatic carbocycles. The number of thioether (sulfide) groups is 1. The topological polar surface area (TPSA) is 76.0 Å². The van der Waals surface area contributed by atoms with Crippen molar-refractivity contribution in [2.75, 3.05) is 11.2 Å². The Bertz CT molecular complexity index is 1070. The Hall–Kier alpha value is -2.80. The second-order valence-corrected chi connectivity index (χ2v) is 8.79. The summed E-state index contributed by atoms with van der Waals surface area (Å²) in [5, 5.41) is 0.556. The zero-order valence-electron chi connectivity index (χ0n) is 17.2. The number of hydrazine groups is 1. The van der Waals surface area contributed by atoms with Gasteiger partial charge in [0, 0.05) is 11.4 Å². The van der Waals surface area contributed by atoms with Crippen LogP contribution >= 0.6 is 11.8 Å². The predicted molar refractivity (Wildman–Crippen MR) is 119 cm³/mol. The molecule has 0 radical (unpaired) electrons. The molecule has 2 N–H and O–H groups in total. The quantitative estimate of drug-likeness (QED) is 0.475. The molecular formula is C22H26N4O2S. The van der Waals surface area contributed by atoms with Crippen molar-refractivity contribution in [3.05, 3.63) is 64.4 Å². The van der Waals surface area contributed by atoms with Crippen molar-refractivity contribution in [3.8, 4) is 0 Å². The zero-order chi connectivity index (χ0) is 21.0. The number of rotatable bonds is 6. The number of fused-ring (bicyclic) bond motifs is 1. The van der Waals surface area contributed by atoms with Crippen LogP contribution in [0.5, 0.6) is 0 Å². The van der Waals surface area contributed by atoms with E-state index in [1.807, 2.05) is 31.2 Å². The van der Waals surface area contributed by atoms with Crippen LogP contribution in [0, 0.1) is 0 Å². The Balaban J connectivity index is 1.63. The third-order valence-electron chi connectivity index (χ3n) is 4.58. The summed E-state index contributed by atoms with van der Waals surface area (Å²) in [7, 11) is 0. The first-order valence-electron chi connectivity index (χ1n) is 9.57. The fourth-order valence-electron chi connectivity index (χ4n) is 2.92. The van der Waals surface area contributed by atoms with Gasteiger partial charge < -0.3 is 0 Å². The van der Waals surface area contributed by atoms with Crippen LogP contribution in [0.2, 0.25) is 0 Å². The van der Waals surface area contributed by atoms with E-state index in [9.17, 15) is 9.59 Å². The first kappa shape index (κ1) is 20.9. The van der Waals surface area contributed by atoms with Gasteiger partial charge in [0.2, 0.25) is 11.9 Å². The number of anilines is 1. The minimum atomic E-state index is -0.194. The molecule has 1 aromatic heterocycles. The van der Waals surface area contributed by atoms with Gasteiger partial charge in [0.1, 0.15) is 0 Å². The Labute approximate surface area is 174 Å². The van der Waals surface area contributed by atoms with Gasteiger partial charge in [-0.2, -0.15) is 0 Å². The maximum Gasteiger partial charge on any atom is 0.262 e. The second-order valence-electron chi connectivity index (χ2n) is 7.74. The van der Waals surface area contributed by atoms with E-state index in [1.54, 1.807) is 12.1 Å². The molecule has 152 valence electrons. The van der Waals surface area contributed by atoms with Gasteiger partial charge in [-0.1, -0.05) is 45.0 Å². The van der Waals surface area contributed by atoms with Crippen molar-refractivity contribution in [1.82, 2.24) is 15.0 Å². The molecule has 0 aliphatic rings. The standard InChI is InChI=1S/C22H26N4O2S/c1-5-26-20(28)17-8-6-7-9-18(17)23-21(26)25-24-19(27)14-29-16-12-10-15(11-13-16)22(2,3)4/h6-13H,5,14H2,1-4H3,(H,23,25)(H,24,27). The molecule has 0 unspecified atom stereocenters. The Morgan fingerprint density at radius 2 is 1.79 bits per heavy atom. The van der Waals surface area contributed by atoms with Crippen molar-refractivity contribution in [3.63, 3.8) is 0 Å². The second kappa shape index (κ2) is 8.69. The number of para-hydroxylation sites is 1. The summed E-state index contributed by atoms with van der Waals surface area (Å²) >= 11 is 1.46. The number of carbonyl (C=O) groups is 1. The van der Waals surface area contributed by atoms with Crippen LogP contribution in [0.1, 0.15) is 33.3 Å². The summed E-state index contributed by atoms with van der Waals surface area (Å²) in [6, 6.07) is 15.4. The summed E-state index contributed by atoms with van der Waals surface area (Å²) < 4.78 is 1.50. The summed E-state index contributed by atoms with van der Waals surface area (Å²) in [4.78, 5) is 30.3. The van der Waals surface area contributed by atoms with Gasteiger partial charge in [-0.05, 0) is 42.2 Å². The lowest BCUT2D eigenvalue weighted by Crippen LogP contribution is -2.35. The summed E-state index contributed by atoms with van der Waals surface area (Å²) in [5.74, 6) is 0.384. The average Bonchev–Trinajstić information content (AvgIpc) is 2.70. The maximum absolute atomic E-state index is 12.6. The van der Waals surface area contributed by atoms with Gasteiger partial charge in [0.05, 0.1) is 16.7 Å². The molecule has 6 nitrogen and oxygen atoms in total. The highest BCUT2D eigenvalue weighted by molar-refractivity contribution is 8.00. The Morgan fingerprint density at radius 3 is 2.45 bits per heavy atom. The van der Waals surface area contributed by atoms with E-state index >= 15 is 0 Å². The molecule has 2 aromatic carbocycles. The third-order valence-corrected chi connectivity index (χ3v) is 5.59. The molecule has 3 rings (SSSR count). The highest BCUT2D eigenvalue weighted by atomic mass is 32.2. The van der Waals surface area contributed by atoms with Crippen LogP contribution in [0.25, 0.3) is 10.9 Å². The number of hydrogen-bond donors (Lipinski definition) is 2. The number of benzene rings is 2. The van der Waals surface area contributed by atoms with E-state index in [1.165, 1.54) is 21.9 Å². The van der Waals surface area contributed by atoms with E-state index in [-0.39, 0.29) is 22.6 Å². The highest BCUT2D eigenvalue weighted by Crippen LogP contribution is 2.25. The molecule has 1 amide bonds. The van der Waals surface area contributed by atoms with Gasteiger partial charge in [-0.25, -0.2) is 4.98 Å². The summed E-state index contributed by atoms with van der Waals surface area (Å²) in [6.45, 7) is 8.83. The van der Waals surface area contributed by atoms with Gasteiger partial charge in [0.15, 0.2) is 0 Å². The molecule has 0 saturated heterocycles. The van der Waals surface area contributed by atoms with Crippen molar-refractivity contribution in [2.24, 2.45) is 0 Å². The van der Waals surface area contributed by atoms with Crippen molar-refractivity contribution >= 4 is 34.5 Å². The first-order chi connectivity index (χ1) is 13.8. The largest absolute Gasteiger partial charge is 0.277 e. The highest BCUT2D eigenvalue weighted by Gasteiger charge is 2.13. The van der Waals surface area contributed by atoms with Gasteiger partial charge in [-0.15, -0.1) is 11.8 Å². The number of carbonyl (C=O) groups excluding carboxylic acids is 1. The molecule has 0 fully saturated rings. The number of aromatic nitrogens is 2. The smallest absolute Gasteiger partial charge is 0.262 e. The van der Waals surface area contributed by atoms with E-state index in [4.69, 9.17) is 0 Å². The van der Waals surface area contributed by atoms with Gasteiger partial charge in [0.25, 0.3) is 5.56 Å². The minimum absolute atomic E-state index is 0.104. The fourth-order valence-corrected chi connectivity index (χ4v) is 3.62. The number of nitrogens with one attached hydrogen (secondary N) is 2. The van der Waals surface area contributed by atoms with Crippen LogP contribution in [0.3, 0.4) is 0 Å². The maximum atomic E-state index is 12.6. The molecule has 1 heterocycles. The van der Waals surface area contributed by atoms with Gasteiger partial charge in [-0.3, -0.25) is 25.0 Å². The molecule has 0 aliphatic heterocycles. The Kier molecular flexibility index (Phi) is 6.27. The molecule has 0 spiro atoms. The van der Waals surface area contributed by atoms with Crippen molar-refractivity contribution in [1.29, 1.82) is 0 Å². The number of hydrogen-bond acceptors (Lipinski definition) is 5. The van der Waals surface area contributed by atoms with Crippen LogP contribution in [0.15, 0.2) is 58.2 Å². The molecule has 0 saturated carbocycles. The zero-order valence-corrected chi connectivity index (χ0v) is 18.0.